The summed E-state index contributed by atoms with van der Waals surface area (Å²) in [6.45, 7) is 0. The van der Waals surface area contributed by atoms with Gasteiger partial charge in [0.1, 0.15) is 5.82 Å². The highest BCUT2D eigenvalue weighted by Gasteiger charge is 2.26. The van der Waals surface area contributed by atoms with Crippen LogP contribution >= 0.6 is 0 Å². The van der Waals surface area contributed by atoms with Crippen molar-refractivity contribution in [3.63, 3.8) is 0 Å². The Morgan fingerprint density at radius 3 is 2.52 bits per heavy atom. The highest BCUT2D eigenvalue weighted by atomic mass is 16.6. The van der Waals surface area contributed by atoms with E-state index in [4.69, 9.17) is 0 Å². The van der Waals surface area contributed by atoms with E-state index in [1.807, 2.05) is 6.07 Å². The number of nitro benzene ring substituents is 1. The molecule has 0 amide bonds. The molecular formula is C14H15N5O2. The van der Waals surface area contributed by atoms with E-state index in [0.29, 0.717) is 17.7 Å². The Morgan fingerprint density at radius 2 is 1.95 bits per heavy atom. The average Bonchev–Trinajstić information content (AvgIpc) is 3.32. The van der Waals surface area contributed by atoms with Crippen LogP contribution in [-0.2, 0) is 0 Å². The Bertz CT molecular complexity index is 668. The molecule has 1 heterocycles. The van der Waals surface area contributed by atoms with Gasteiger partial charge in [-0.25, -0.2) is 4.98 Å². The van der Waals surface area contributed by atoms with Crippen molar-refractivity contribution < 1.29 is 4.92 Å². The Labute approximate surface area is 121 Å². The van der Waals surface area contributed by atoms with Crippen molar-refractivity contribution in [2.24, 2.45) is 0 Å². The van der Waals surface area contributed by atoms with Crippen LogP contribution in [0.25, 0.3) is 0 Å². The SMILES string of the molecule is CNc1nc(Nc2ccc([N+](=O)[O-])cc2)cc(C2CC2)n1. The van der Waals surface area contributed by atoms with Crippen molar-refractivity contribution in [3.8, 4) is 0 Å². The molecule has 2 aromatic rings. The molecule has 0 aliphatic heterocycles. The summed E-state index contributed by atoms with van der Waals surface area (Å²) in [5.41, 5.74) is 1.85. The Morgan fingerprint density at radius 1 is 1.24 bits per heavy atom. The van der Waals surface area contributed by atoms with Crippen LogP contribution < -0.4 is 10.6 Å². The van der Waals surface area contributed by atoms with Gasteiger partial charge in [-0.05, 0) is 25.0 Å². The quantitative estimate of drug-likeness (QED) is 0.648. The second-order valence-corrected chi connectivity index (χ2v) is 4.95. The van der Waals surface area contributed by atoms with Gasteiger partial charge in [-0.1, -0.05) is 0 Å². The zero-order valence-corrected chi connectivity index (χ0v) is 11.5. The van der Waals surface area contributed by atoms with Crippen LogP contribution in [0.5, 0.6) is 0 Å². The molecular weight excluding hydrogens is 270 g/mol. The van der Waals surface area contributed by atoms with Gasteiger partial charge in [0, 0.05) is 36.9 Å². The van der Waals surface area contributed by atoms with Gasteiger partial charge in [-0.15, -0.1) is 0 Å². The minimum atomic E-state index is -0.418. The molecule has 21 heavy (non-hydrogen) atoms. The van der Waals surface area contributed by atoms with Crippen LogP contribution in [0, 0.1) is 10.1 Å². The molecule has 0 unspecified atom stereocenters. The van der Waals surface area contributed by atoms with E-state index in [-0.39, 0.29) is 5.69 Å². The molecule has 0 radical (unpaired) electrons. The Kier molecular flexibility index (Phi) is 3.39. The fraction of sp³-hybridized carbons (Fsp3) is 0.286. The molecule has 1 aliphatic rings. The first-order chi connectivity index (χ1) is 10.2. The molecule has 108 valence electrons. The third-order valence-corrected chi connectivity index (χ3v) is 3.32. The number of anilines is 3. The average molecular weight is 285 g/mol. The van der Waals surface area contributed by atoms with Crippen molar-refractivity contribution >= 4 is 23.1 Å². The molecule has 1 aliphatic carbocycles. The lowest BCUT2D eigenvalue weighted by molar-refractivity contribution is -0.384. The second kappa shape index (κ2) is 5.35. The maximum Gasteiger partial charge on any atom is 0.269 e. The molecule has 7 nitrogen and oxygen atoms in total. The summed E-state index contributed by atoms with van der Waals surface area (Å²) in [6.07, 6.45) is 2.33. The molecule has 2 N–H and O–H groups in total. The van der Waals surface area contributed by atoms with Gasteiger partial charge in [0.05, 0.1) is 10.6 Å². The number of non-ortho nitro benzene ring substituents is 1. The molecule has 1 aromatic carbocycles. The number of hydrogen-bond acceptors (Lipinski definition) is 6. The van der Waals surface area contributed by atoms with E-state index in [2.05, 4.69) is 20.6 Å². The van der Waals surface area contributed by atoms with E-state index < -0.39 is 4.92 Å². The number of rotatable bonds is 5. The summed E-state index contributed by atoms with van der Waals surface area (Å²) in [4.78, 5) is 19.0. The summed E-state index contributed by atoms with van der Waals surface area (Å²) in [5.74, 6) is 1.78. The van der Waals surface area contributed by atoms with E-state index >= 15 is 0 Å². The smallest absolute Gasteiger partial charge is 0.269 e. The van der Waals surface area contributed by atoms with Crippen molar-refractivity contribution in [2.75, 3.05) is 17.7 Å². The zero-order valence-electron chi connectivity index (χ0n) is 11.5. The number of nitrogens with zero attached hydrogens (tertiary/aromatic N) is 3. The molecule has 0 spiro atoms. The molecule has 0 saturated heterocycles. The Balaban J connectivity index is 1.83. The molecule has 1 aromatic heterocycles. The van der Waals surface area contributed by atoms with Gasteiger partial charge in [0.25, 0.3) is 5.69 Å². The van der Waals surface area contributed by atoms with Gasteiger partial charge in [0.2, 0.25) is 5.95 Å². The highest BCUT2D eigenvalue weighted by molar-refractivity contribution is 5.59. The number of nitrogens with one attached hydrogen (secondary N) is 2. The van der Waals surface area contributed by atoms with Gasteiger partial charge < -0.3 is 10.6 Å². The van der Waals surface area contributed by atoms with E-state index in [0.717, 1.165) is 24.2 Å². The molecule has 0 atom stereocenters. The number of aromatic nitrogens is 2. The third kappa shape index (κ3) is 3.07. The van der Waals surface area contributed by atoms with Crippen LogP contribution in [-0.4, -0.2) is 21.9 Å². The topological polar surface area (TPSA) is 93.0 Å². The fourth-order valence-corrected chi connectivity index (χ4v) is 2.04. The van der Waals surface area contributed by atoms with Crippen molar-refractivity contribution in [2.45, 2.75) is 18.8 Å². The standard InChI is InChI=1S/C14H15N5O2/c1-15-14-17-12(9-2-3-9)8-13(18-14)16-10-4-6-11(7-5-10)19(20)21/h4-9H,2-3H2,1H3,(H2,15,16,17,18). The van der Waals surface area contributed by atoms with E-state index in [1.54, 1.807) is 19.2 Å². The van der Waals surface area contributed by atoms with Gasteiger partial charge in [-0.2, -0.15) is 4.98 Å². The normalized spacial score (nSPS) is 13.8. The Hall–Kier alpha value is -2.70. The minimum Gasteiger partial charge on any atom is -0.357 e. The molecule has 0 bridgehead atoms. The lowest BCUT2D eigenvalue weighted by Crippen LogP contribution is -2.03. The fourth-order valence-electron chi connectivity index (χ4n) is 2.04. The molecule has 3 rings (SSSR count). The summed E-state index contributed by atoms with van der Waals surface area (Å²) in [7, 11) is 1.78. The predicted molar refractivity (Wildman–Crippen MR) is 79.9 cm³/mol. The summed E-state index contributed by atoms with van der Waals surface area (Å²) in [6, 6.07) is 8.18. The van der Waals surface area contributed by atoms with E-state index in [9.17, 15) is 10.1 Å². The molecule has 7 heteroatoms. The van der Waals surface area contributed by atoms with Crippen molar-refractivity contribution in [3.05, 3.63) is 46.1 Å². The first-order valence-electron chi connectivity index (χ1n) is 6.74. The summed E-state index contributed by atoms with van der Waals surface area (Å²) >= 11 is 0. The van der Waals surface area contributed by atoms with Crippen molar-refractivity contribution in [1.29, 1.82) is 0 Å². The van der Waals surface area contributed by atoms with Crippen LogP contribution in [0.1, 0.15) is 24.5 Å². The van der Waals surface area contributed by atoms with E-state index in [1.165, 1.54) is 12.1 Å². The number of hydrogen-bond donors (Lipinski definition) is 2. The largest absolute Gasteiger partial charge is 0.357 e. The monoisotopic (exact) mass is 285 g/mol. The van der Waals surface area contributed by atoms with Gasteiger partial charge in [0.15, 0.2) is 0 Å². The van der Waals surface area contributed by atoms with Crippen LogP contribution in [0.15, 0.2) is 30.3 Å². The predicted octanol–water partition coefficient (Wildman–Crippen LogP) is 3.05. The lowest BCUT2D eigenvalue weighted by Gasteiger charge is -2.09. The van der Waals surface area contributed by atoms with Crippen LogP contribution in [0.4, 0.5) is 23.1 Å². The number of benzene rings is 1. The summed E-state index contributed by atoms with van der Waals surface area (Å²) < 4.78 is 0. The lowest BCUT2D eigenvalue weighted by atomic mass is 10.2. The first-order valence-corrected chi connectivity index (χ1v) is 6.74. The maximum atomic E-state index is 10.6. The zero-order chi connectivity index (χ0) is 14.8. The minimum absolute atomic E-state index is 0.0674. The van der Waals surface area contributed by atoms with Gasteiger partial charge in [-0.3, -0.25) is 10.1 Å². The molecule has 1 fully saturated rings. The highest BCUT2D eigenvalue weighted by Crippen LogP contribution is 2.40. The van der Waals surface area contributed by atoms with Crippen LogP contribution in [0.3, 0.4) is 0 Å². The second-order valence-electron chi connectivity index (χ2n) is 4.95. The van der Waals surface area contributed by atoms with Crippen molar-refractivity contribution in [1.82, 2.24) is 9.97 Å². The maximum absolute atomic E-state index is 10.6. The summed E-state index contributed by atoms with van der Waals surface area (Å²) in [5, 5.41) is 16.7. The molecule has 1 saturated carbocycles. The van der Waals surface area contributed by atoms with Gasteiger partial charge >= 0.3 is 0 Å². The first kappa shape index (κ1) is 13.3. The number of nitro groups is 1. The van der Waals surface area contributed by atoms with Crippen LogP contribution in [0.2, 0.25) is 0 Å². The third-order valence-electron chi connectivity index (χ3n) is 3.32.